The number of hydrogen-bond acceptors (Lipinski definition) is 4. The van der Waals surface area contributed by atoms with Gasteiger partial charge in [-0.05, 0) is 54.6 Å². The molecular weight excluding hydrogens is 390 g/mol. The van der Waals surface area contributed by atoms with Gasteiger partial charge in [-0.1, -0.05) is 29.8 Å². The van der Waals surface area contributed by atoms with Gasteiger partial charge in [-0.15, -0.1) is 0 Å². The van der Waals surface area contributed by atoms with Crippen LogP contribution < -0.4 is 20.7 Å². The van der Waals surface area contributed by atoms with E-state index in [1.165, 1.54) is 0 Å². The van der Waals surface area contributed by atoms with Crippen LogP contribution in [-0.2, 0) is 4.79 Å². The number of benzene rings is 3. The summed E-state index contributed by atoms with van der Waals surface area (Å²) in [4.78, 5) is 24.5. The van der Waals surface area contributed by atoms with Gasteiger partial charge >= 0.3 is 0 Å². The van der Waals surface area contributed by atoms with Gasteiger partial charge in [0, 0.05) is 22.0 Å². The highest BCUT2D eigenvalue weighted by Gasteiger charge is 2.10. The van der Waals surface area contributed by atoms with E-state index in [4.69, 9.17) is 16.3 Å². The normalized spacial score (nSPS) is 10.1. The molecule has 0 atom stereocenters. The summed E-state index contributed by atoms with van der Waals surface area (Å²) in [6, 6.07) is 20.9. The summed E-state index contributed by atoms with van der Waals surface area (Å²) in [7, 11) is 1.55. The first kappa shape index (κ1) is 20.2. The number of carbonyl (C=O) groups excluding carboxylic acids is 2. The monoisotopic (exact) mass is 409 g/mol. The molecule has 0 fully saturated rings. The molecule has 7 heteroatoms. The van der Waals surface area contributed by atoms with Crippen molar-refractivity contribution in [2.45, 2.75) is 0 Å². The topological polar surface area (TPSA) is 79.5 Å². The number of nitrogens with one attached hydrogen (secondary N) is 3. The molecule has 0 aliphatic rings. The van der Waals surface area contributed by atoms with Crippen molar-refractivity contribution >= 4 is 40.5 Å². The van der Waals surface area contributed by atoms with Crippen LogP contribution in [0.25, 0.3) is 0 Å². The standard InChI is InChI=1S/C22H20ClN3O3/c1-29-20-8-3-2-7-19(20)26-22(28)15-9-11-17(12-10-15)25-21(27)14-24-18-6-4-5-16(23)13-18/h2-13,24H,14H2,1H3,(H,25,27)(H,26,28). The maximum Gasteiger partial charge on any atom is 0.255 e. The van der Waals surface area contributed by atoms with E-state index in [2.05, 4.69) is 16.0 Å². The van der Waals surface area contributed by atoms with Gasteiger partial charge in [-0.3, -0.25) is 9.59 Å². The summed E-state index contributed by atoms with van der Waals surface area (Å²) in [6.07, 6.45) is 0. The van der Waals surface area contributed by atoms with E-state index in [1.807, 2.05) is 18.2 Å². The molecular formula is C22H20ClN3O3. The molecule has 0 spiro atoms. The number of carbonyl (C=O) groups is 2. The molecule has 3 aromatic rings. The third-order valence-corrected chi connectivity index (χ3v) is 4.30. The Morgan fingerprint density at radius 2 is 1.66 bits per heavy atom. The van der Waals surface area contributed by atoms with Crippen molar-refractivity contribution in [1.29, 1.82) is 0 Å². The summed E-state index contributed by atoms with van der Waals surface area (Å²) in [5.74, 6) is 0.100. The van der Waals surface area contributed by atoms with Crippen LogP contribution in [-0.4, -0.2) is 25.5 Å². The lowest BCUT2D eigenvalue weighted by atomic mass is 10.2. The summed E-state index contributed by atoms with van der Waals surface area (Å²) < 4.78 is 5.23. The van der Waals surface area contributed by atoms with E-state index < -0.39 is 0 Å². The minimum atomic E-state index is -0.269. The van der Waals surface area contributed by atoms with Crippen LogP contribution in [0.2, 0.25) is 5.02 Å². The molecule has 3 N–H and O–H groups in total. The maximum absolute atomic E-state index is 12.4. The highest BCUT2D eigenvalue weighted by Crippen LogP contribution is 2.24. The zero-order valence-electron chi connectivity index (χ0n) is 15.7. The minimum Gasteiger partial charge on any atom is -0.495 e. The van der Waals surface area contributed by atoms with Gasteiger partial charge in [-0.2, -0.15) is 0 Å². The summed E-state index contributed by atoms with van der Waals surface area (Å²) >= 11 is 5.92. The lowest BCUT2D eigenvalue weighted by Gasteiger charge is -2.11. The van der Waals surface area contributed by atoms with Crippen LogP contribution in [0.1, 0.15) is 10.4 Å². The van der Waals surface area contributed by atoms with E-state index in [0.717, 1.165) is 5.69 Å². The van der Waals surface area contributed by atoms with E-state index in [-0.39, 0.29) is 18.4 Å². The third kappa shape index (κ3) is 5.73. The van der Waals surface area contributed by atoms with Gasteiger partial charge in [0.2, 0.25) is 5.91 Å². The van der Waals surface area contributed by atoms with Gasteiger partial charge < -0.3 is 20.7 Å². The molecule has 0 bridgehead atoms. The van der Waals surface area contributed by atoms with Crippen molar-refractivity contribution < 1.29 is 14.3 Å². The molecule has 0 aliphatic heterocycles. The molecule has 29 heavy (non-hydrogen) atoms. The SMILES string of the molecule is COc1ccccc1NC(=O)c1ccc(NC(=O)CNc2cccc(Cl)c2)cc1. The van der Waals surface area contributed by atoms with Crippen molar-refractivity contribution in [2.24, 2.45) is 0 Å². The van der Waals surface area contributed by atoms with Gasteiger partial charge in [0.1, 0.15) is 5.75 Å². The second-order valence-electron chi connectivity index (χ2n) is 6.14. The van der Waals surface area contributed by atoms with Crippen molar-refractivity contribution in [3.63, 3.8) is 0 Å². The molecule has 148 valence electrons. The van der Waals surface area contributed by atoms with Gasteiger partial charge in [0.25, 0.3) is 5.91 Å². The average Bonchev–Trinajstić information content (AvgIpc) is 2.73. The Bertz CT molecular complexity index is 1010. The van der Waals surface area contributed by atoms with Crippen molar-refractivity contribution in [3.05, 3.63) is 83.4 Å². The number of methoxy groups -OCH3 is 1. The van der Waals surface area contributed by atoms with Crippen molar-refractivity contribution in [1.82, 2.24) is 0 Å². The number of amides is 2. The number of halogens is 1. The maximum atomic E-state index is 12.4. The van der Waals surface area contributed by atoms with Crippen molar-refractivity contribution in [2.75, 3.05) is 29.6 Å². The lowest BCUT2D eigenvalue weighted by Crippen LogP contribution is -2.21. The van der Waals surface area contributed by atoms with Gasteiger partial charge in [0.05, 0.1) is 19.3 Å². The zero-order valence-corrected chi connectivity index (χ0v) is 16.5. The first-order chi connectivity index (χ1) is 14.0. The zero-order chi connectivity index (χ0) is 20.6. The molecule has 6 nitrogen and oxygen atoms in total. The first-order valence-corrected chi connectivity index (χ1v) is 9.26. The van der Waals surface area contributed by atoms with Gasteiger partial charge in [-0.25, -0.2) is 0 Å². The fourth-order valence-corrected chi connectivity index (χ4v) is 2.82. The number of hydrogen-bond donors (Lipinski definition) is 3. The Morgan fingerprint density at radius 1 is 0.897 bits per heavy atom. The van der Waals surface area contributed by atoms with Crippen LogP contribution in [0.5, 0.6) is 5.75 Å². The molecule has 0 unspecified atom stereocenters. The highest BCUT2D eigenvalue weighted by molar-refractivity contribution is 6.30. The van der Waals surface area contributed by atoms with Crippen LogP contribution in [0, 0.1) is 0 Å². The molecule has 0 heterocycles. The molecule has 2 amide bonds. The quantitative estimate of drug-likeness (QED) is 0.530. The Kier molecular flexibility index (Phi) is 6.71. The molecule has 0 radical (unpaired) electrons. The van der Waals surface area contributed by atoms with E-state index in [1.54, 1.807) is 61.7 Å². The predicted octanol–water partition coefficient (Wildman–Crippen LogP) is 4.65. The minimum absolute atomic E-state index is 0.0936. The van der Waals surface area contributed by atoms with E-state index >= 15 is 0 Å². The second-order valence-corrected chi connectivity index (χ2v) is 6.58. The number of rotatable bonds is 7. The molecule has 0 saturated carbocycles. The van der Waals surface area contributed by atoms with Gasteiger partial charge in [0.15, 0.2) is 0 Å². The average molecular weight is 410 g/mol. The summed E-state index contributed by atoms with van der Waals surface area (Å²) in [5.41, 5.74) is 2.41. The number of anilines is 3. The third-order valence-electron chi connectivity index (χ3n) is 4.06. The van der Waals surface area contributed by atoms with E-state index in [9.17, 15) is 9.59 Å². The molecule has 3 aromatic carbocycles. The number of ether oxygens (including phenoxy) is 1. The summed E-state index contributed by atoms with van der Waals surface area (Å²) in [5, 5.41) is 9.18. The van der Waals surface area contributed by atoms with Crippen LogP contribution in [0.3, 0.4) is 0 Å². The molecule has 0 aliphatic carbocycles. The Labute approximate surface area is 173 Å². The van der Waals surface area contributed by atoms with Crippen LogP contribution >= 0.6 is 11.6 Å². The van der Waals surface area contributed by atoms with Crippen molar-refractivity contribution in [3.8, 4) is 5.75 Å². The smallest absolute Gasteiger partial charge is 0.255 e. The summed E-state index contributed by atoms with van der Waals surface area (Å²) in [6.45, 7) is 0.0936. The van der Waals surface area contributed by atoms with Crippen LogP contribution in [0.4, 0.5) is 17.1 Å². The molecule has 0 aromatic heterocycles. The fraction of sp³-hybridized carbons (Fsp3) is 0.0909. The largest absolute Gasteiger partial charge is 0.495 e. The first-order valence-electron chi connectivity index (χ1n) is 8.89. The lowest BCUT2D eigenvalue weighted by molar-refractivity contribution is -0.114. The van der Waals surface area contributed by atoms with Crippen LogP contribution in [0.15, 0.2) is 72.8 Å². The molecule has 3 rings (SSSR count). The Hall–Kier alpha value is -3.51. The Balaban J connectivity index is 1.55. The molecule has 0 saturated heterocycles. The second kappa shape index (κ2) is 9.61. The highest BCUT2D eigenvalue weighted by atomic mass is 35.5. The number of para-hydroxylation sites is 2. The fourth-order valence-electron chi connectivity index (χ4n) is 2.63. The predicted molar refractivity (Wildman–Crippen MR) is 116 cm³/mol. The Morgan fingerprint density at radius 3 is 2.38 bits per heavy atom. The van der Waals surface area contributed by atoms with E-state index in [0.29, 0.717) is 27.7 Å².